The first-order valence-electron chi connectivity index (χ1n) is 5.19. The lowest BCUT2D eigenvalue weighted by atomic mass is 10.3. The van der Waals surface area contributed by atoms with Gasteiger partial charge in [-0.3, -0.25) is 0 Å². The van der Waals surface area contributed by atoms with Crippen molar-refractivity contribution in [1.82, 2.24) is 0 Å². The third kappa shape index (κ3) is 5.39. The fraction of sp³-hybridized carbons (Fsp3) is 0.455. The largest absolute Gasteiger partial charge is 0.491 e. The highest BCUT2D eigenvalue weighted by molar-refractivity contribution is 8.13. The maximum Gasteiger partial charge on any atom is 0.261 e. The molecule has 0 amide bonds. The first-order valence-corrected chi connectivity index (χ1v) is 7.49. The summed E-state index contributed by atoms with van der Waals surface area (Å²) in [6.45, 7) is 4.80. The minimum atomic E-state index is -3.66. The highest BCUT2D eigenvalue weighted by Gasteiger charge is 2.08. The van der Waals surface area contributed by atoms with Gasteiger partial charge in [-0.1, -0.05) is 0 Å². The van der Waals surface area contributed by atoms with E-state index in [0.717, 1.165) is 0 Å². The van der Waals surface area contributed by atoms with Gasteiger partial charge in [0.15, 0.2) is 0 Å². The minimum Gasteiger partial charge on any atom is -0.491 e. The van der Waals surface area contributed by atoms with Gasteiger partial charge in [-0.2, -0.15) is 0 Å². The second-order valence-corrected chi connectivity index (χ2v) is 6.24. The third-order valence-electron chi connectivity index (χ3n) is 1.91. The second-order valence-electron chi connectivity index (χ2n) is 3.68. The quantitative estimate of drug-likeness (QED) is 0.592. The van der Waals surface area contributed by atoms with E-state index in [1.807, 2.05) is 13.8 Å². The number of rotatable bonds is 6. The highest BCUT2D eigenvalue weighted by atomic mass is 35.7. The van der Waals surface area contributed by atoms with Gasteiger partial charge in [-0.15, -0.1) is 0 Å². The van der Waals surface area contributed by atoms with E-state index in [0.29, 0.717) is 19.0 Å². The van der Waals surface area contributed by atoms with E-state index in [-0.39, 0.29) is 11.0 Å². The van der Waals surface area contributed by atoms with Crippen molar-refractivity contribution < 1.29 is 17.9 Å². The van der Waals surface area contributed by atoms with Crippen LogP contribution in [0.25, 0.3) is 0 Å². The van der Waals surface area contributed by atoms with Crippen LogP contribution in [0, 0.1) is 0 Å². The van der Waals surface area contributed by atoms with Crippen LogP contribution < -0.4 is 4.74 Å². The van der Waals surface area contributed by atoms with Crippen molar-refractivity contribution in [2.45, 2.75) is 24.8 Å². The normalized spacial score (nSPS) is 11.8. The van der Waals surface area contributed by atoms with Crippen molar-refractivity contribution in [2.24, 2.45) is 0 Å². The van der Waals surface area contributed by atoms with Crippen LogP contribution in [-0.4, -0.2) is 27.7 Å². The lowest BCUT2D eigenvalue weighted by Crippen LogP contribution is -2.11. The average molecular weight is 279 g/mol. The molecule has 0 N–H and O–H groups in total. The number of hydrogen-bond acceptors (Lipinski definition) is 4. The van der Waals surface area contributed by atoms with Gasteiger partial charge in [-0.05, 0) is 38.1 Å². The Hall–Kier alpha value is -0.780. The molecule has 0 unspecified atom stereocenters. The van der Waals surface area contributed by atoms with E-state index < -0.39 is 9.05 Å². The fourth-order valence-electron chi connectivity index (χ4n) is 1.14. The molecule has 1 rings (SSSR count). The van der Waals surface area contributed by atoms with Crippen LogP contribution in [-0.2, 0) is 13.8 Å². The van der Waals surface area contributed by atoms with Crippen LogP contribution in [0.5, 0.6) is 5.75 Å². The molecule has 6 heteroatoms. The van der Waals surface area contributed by atoms with Crippen LogP contribution in [0.15, 0.2) is 29.2 Å². The Kier molecular flexibility index (Phi) is 5.24. The molecule has 0 spiro atoms. The summed E-state index contributed by atoms with van der Waals surface area (Å²) in [5.41, 5.74) is 0. The average Bonchev–Trinajstić information content (AvgIpc) is 2.23. The zero-order valence-corrected chi connectivity index (χ0v) is 11.3. The Bertz CT molecular complexity index is 439. The Morgan fingerprint density at radius 1 is 1.18 bits per heavy atom. The maximum atomic E-state index is 11.0. The zero-order valence-electron chi connectivity index (χ0n) is 9.72. The summed E-state index contributed by atoms with van der Waals surface area (Å²) in [6, 6.07) is 5.93. The minimum absolute atomic E-state index is 0.0601. The van der Waals surface area contributed by atoms with Gasteiger partial charge in [0.05, 0.1) is 17.6 Å². The molecule has 0 radical (unpaired) electrons. The van der Waals surface area contributed by atoms with Crippen molar-refractivity contribution in [1.29, 1.82) is 0 Å². The predicted molar refractivity (Wildman–Crippen MR) is 66.1 cm³/mol. The summed E-state index contributed by atoms with van der Waals surface area (Å²) < 4.78 is 32.6. The summed E-state index contributed by atoms with van der Waals surface area (Å²) in [7, 11) is 1.52. The topological polar surface area (TPSA) is 52.6 Å². The Labute approximate surface area is 106 Å². The van der Waals surface area contributed by atoms with Crippen LogP contribution in [0.2, 0.25) is 0 Å². The van der Waals surface area contributed by atoms with Gasteiger partial charge in [0.25, 0.3) is 9.05 Å². The predicted octanol–water partition coefficient (Wildman–Crippen LogP) is 2.42. The van der Waals surface area contributed by atoms with E-state index in [1.54, 1.807) is 12.1 Å². The molecular weight excluding hydrogens is 264 g/mol. The summed E-state index contributed by atoms with van der Waals surface area (Å²) >= 11 is 0. The monoisotopic (exact) mass is 278 g/mol. The van der Waals surface area contributed by atoms with Gasteiger partial charge < -0.3 is 9.47 Å². The van der Waals surface area contributed by atoms with E-state index >= 15 is 0 Å². The van der Waals surface area contributed by atoms with Crippen LogP contribution >= 0.6 is 10.7 Å². The molecule has 1 aromatic rings. The Balaban J connectivity index is 2.46. The number of benzene rings is 1. The fourth-order valence-corrected chi connectivity index (χ4v) is 1.91. The molecule has 0 aromatic heterocycles. The SMILES string of the molecule is CC(C)OCCOc1ccc(S(=O)(=O)Cl)cc1. The zero-order chi connectivity index (χ0) is 12.9. The van der Waals surface area contributed by atoms with E-state index in [1.165, 1.54) is 12.1 Å². The number of halogens is 1. The lowest BCUT2D eigenvalue weighted by Gasteiger charge is -2.09. The van der Waals surface area contributed by atoms with Crippen molar-refractivity contribution in [3.63, 3.8) is 0 Å². The van der Waals surface area contributed by atoms with E-state index in [2.05, 4.69) is 0 Å². The molecule has 4 nitrogen and oxygen atoms in total. The van der Waals surface area contributed by atoms with Crippen molar-refractivity contribution in [2.75, 3.05) is 13.2 Å². The summed E-state index contributed by atoms with van der Waals surface area (Å²) in [5.74, 6) is 0.585. The summed E-state index contributed by atoms with van der Waals surface area (Å²) in [6.07, 6.45) is 0.169. The molecule has 0 aliphatic heterocycles. The number of hydrogen-bond donors (Lipinski definition) is 0. The first-order chi connectivity index (χ1) is 7.89. The van der Waals surface area contributed by atoms with E-state index in [4.69, 9.17) is 20.2 Å². The van der Waals surface area contributed by atoms with Crippen LogP contribution in [0.3, 0.4) is 0 Å². The smallest absolute Gasteiger partial charge is 0.261 e. The third-order valence-corrected chi connectivity index (χ3v) is 3.28. The Morgan fingerprint density at radius 3 is 2.24 bits per heavy atom. The van der Waals surface area contributed by atoms with Crippen molar-refractivity contribution in [3.8, 4) is 5.75 Å². The van der Waals surface area contributed by atoms with Crippen molar-refractivity contribution in [3.05, 3.63) is 24.3 Å². The lowest BCUT2D eigenvalue weighted by molar-refractivity contribution is 0.0552. The second kappa shape index (κ2) is 6.23. The molecule has 0 atom stereocenters. The summed E-state index contributed by atoms with van der Waals surface area (Å²) in [5, 5.41) is 0. The van der Waals surface area contributed by atoms with Gasteiger partial charge in [0.2, 0.25) is 0 Å². The van der Waals surface area contributed by atoms with Crippen LogP contribution in [0.1, 0.15) is 13.8 Å². The molecule has 17 heavy (non-hydrogen) atoms. The molecule has 0 aliphatic rings. The van der Waals surface area contributed by atoms with Crippen LogP contribution in [0.4, 0.5) is 0 Å². The molecule has 0 fully saturated rings. The molecule has 0 bridgehead atoms. The summed E-state index contributed by atoms with van der Waals surface area (Å²) in [4.78, 5) is 0.0601. The van der Waals surface area contributed by atoms with Gasteiger partial charge in [0, 0.05) is 10.7 Å². The van der Waals surface area contributed by atoms with Gasteiger partial charge >= 0.3 is 0 Å². The number of ether oxygens (including phenoxy) is 2. The molecule has 1 aromatic carbocycles. The highest BCUT2D eigenvalue weighted by Crippen LogP contribution is 2.18. The van der Waals surface area contributed by atoms with E-state index in [9.17, 15) is 8.42 Å². The molecular formula is C11H15ClO4S. The maximum absolute atomic E-state index is 11.0. The molecule has 0 heterocycles. The molecule has 0 saturated heterocycles. The molecule has 0 saturated carbocycles. The molecule has 96 valence electrons. The van der Waals surface area contributed by atoms with Gasteiger partial charge in [-0.25, -0.2) is 8.42 Å². The first kappa shape index (κ1) is 14.3. The standard InChI is InChI=1S/C11H15ClO4S/c1-9(2)15-7-8-16-10-3-5-11(6-4-10)17(12,13)14/h3-6,9H,7-8H2,1-2H3. The van der Waals surface area contributed by atoms with Gasteiger partial charge in [0.1, 0.15) is 12.4 Å². The Morgan fingerprint density at radius 2 is 1.76 bits per heavy atom. The van der Waals surface area contributed by atoms with Crippen molar-refractivity contribution >= 4 is 19.7 Å². The molecule has 0 aliphatic carbocycles.